The fourth-order valence-electron chi connectivity index (χ4n) is 2.20. The fraction of sp³-hybridized carbons (Fsp3) is 0.278. The van der Waals surface area contributed by atoms with Crippen LogP contribution in [-0.4, -0.2) is 52.7 Å². The van der Waals surface area contributed by atoms with Crippen molar-refractivity contribution in [2.45, 2.75) is 14.7 Å². The van der Waals surface area contributed by atoms with Crippen molar-refractivity contribution in [2.75, 3.05) is 33.4 Å². The zero-order chi connectivity index (χ0) is 18.4. The van der Waals surface area contributed by atoms with Gasteiger partial charge in [-0.25, -0.2) is 8.42 Å². The Hall–Kier alpha value is -1.54. The summed E-state index contributed by atoms with van der Waals surface area (Å²) in [6, 6.07) is 14.1. The zero-order valence-corrected chi connectivity index (χ0v) is 17.4. The van der Waals surface area contributed by atoms with E-state index in [2.05, 4.69) is 5.32 Å². The first-order valence-electron chi connectivity index (χ1n) is 7.80. The first-order valence-corrected chi connectivity index (χ1v) is 10.5. The Morgan fingerprint density at radius 1 is 1.12 bits per heavy atom. The van der Waals surface area contributed by atoms with Gasteiger partial charge < -0.3 is 10.2 Å². The van der Waals surface area contributed by atoms with Crippen molar-refractivity contribution in [3.8, 4) is 0 Å². The van der Waals surface area contributed by atoms with E-state index in [1.807, 2.05) is 31.3 Å². The third-order valence-electron chi connectivity index (χ3n) is 3.64. The summed E-state index contributed by atoms with van der Waals surface area (Å²) in [5.74, 6) is -0.0360. The second-order valence-corrected chi connectivity index (χ2v) is 8.80. The molecular weight excluding hydrogens is 392 g/mol. The number of nitrogens with one attached hydrogen (secondary N) is 1. The molecule has 8 heteroatoms. The maximum absolute atomic E-state index is 12.7. The average molecular weight is 415 g/mol. The van der Waals surface area contributed by atoms with Crippen molar-refractivity contribution in [1.82, 2.24) is 10.2 Å². The second kappa shape index (κ2) is 9.97. The number of carbonyl (C=O) groups excluding carboxylic acids is 1. The van der Waals surface area contributed by atoms with Crippen molar-refractivity contribution in [3.63, 3.8) is 0 Å². The number of likely N-dealkylation sites (N-methyl/N-ethyl adjacent to an activating group) is 2. The summed E-state index contributed by atoms with van der Waals surface area (Å²) in [5.41, 5.74) is 0.637. The smallest absolute Gasteiger partial charge is 0.254 e. The summed E-state index contributed by atoms with van der Waals surface area (Å²) in [4.78, 5) is 16.3. The minimum absolute atomic E-state index is 0. The average Bonchev–Trinajstić information content (AvgIpc) is 2.59. The lowest BCUT2D eigenvalue weighted by atomic mass is 10.2. The first kappa shape index (κ1) is 22.5. The van der Waals surface area contributed by atoms with E-state index in [4.69, 9.17) is 0 Å². The van der Waals surface area contributed by atoms with Crippen LogP contribution in [0.1, 0.15) is 10.4 Å². The SMILES string of the molecule is CNCCN(C)C(=O)c1ccccc1Sc1ccc(S(C)(=O)=O)cc1.Cl. The highest BCUT2D eigenvalue weighted by molar-refractivity contribution is 7.99. The van der Waals surface area contributed by atoms with E-state index in [1.54, 1.807) is 36.2 Å². The Bertz CT molecular complexity index is 840. The normalized spacial score (nSPS) is 10.9. The molecule has 0 aliphatic heterocycles. The Morgan fingerprint density at radius 3 is 2.31 bits per heavy atom. The van der Waals surface area contributed by atoms with E-state index in [0.717, 1.165) is 16.3 Å². The number of rotatable bonds is 7. The van der Waals surface area contributed by atoms with Gasteiger partial charge in [0.1, 0.15) is 0 Å². The maximum atomic E-state index is 12.7. The third-order valence-corrected chi connectivity index (χ3v) is 5.85. The van der Waals surface area contributed by atoms with Crippen molar-refractivity contribution in [2.24, 2.45) is 0 Å². The Kier molecular flexibility index (Phi) is 8.62. The van der Waals surface area contributed by atoms with Gasteiger partial charge in [0, 0.05) is 36.2 Å². The highest BCUT2D eigenvalue weighted by Gasteiger charge is 2.16. The monoisotopic (exact) mass is 414 g/mol. The minimum Gasteiger partial charge on any atom is -0.340 e. The molecule has 26 heavy (non-hydrogen) atoms. The van der Waals surface area contributed by atoms with E-state index in [1.165, 1.54) is 18.0 Å². The van der Waals surface area contributed by atoms with Crippen LogP contribution in [-0.2, 0) is 9.84 Å². The van der Waals surface area contributed by atoms with Gasteiger partial charge >= 0.3 is 0 Å². The minimum atomic E-state index is -3.21. The van der Waals surface area contributed by atoms with E-state index >= 15 is 0 Å². The lowest BCUT2D eigenvalue weighted by molar-refractivity contribution is 0.0793. The van der Waals surface area contributed by atoms with E-state index in [-0.39, 0.29) is 23.2 Å². The Morgan fingerprint density at radius 2 is 1.73 bits per heavy atom. The molecule has 0 aliphatic rings. The fourth-order valence-corrected chi connectivity index (χ4v) is 3.77. The predicted molar refractivity (Wildman–Crippen MR) is 108 cm³/mol. The topological polar surface area (TPSA) is 66.5 Å². The number of amides is 1. The number of nitrogens with zero attached hydrogens (tertiary/aromatic N) is 1. The van der Waals surface area contributed by atoms with Crippen LogP contribution in [0.25, 0.3) is 0 Å². The highest BCUT2D eigenvalue weighted by atomic mass is 35.5. The van der Waals surface area contributed by atoms with Gasteiger partial charge in [0.2, 0.25) is 0 Å². The van der Waals surface area contributed by atoms with Gasteiger partial charge in [0.05, 0.1) is 10.5 Å². The quantitative estimate of drug-likeness (QED) is 0.754. The highest BCUT2D eigenvalue weighted by Crippen LogP contribution is 2.31. The maximum Gasteiger partial charge on any atom is 0.254 e. The van der Waals surface area contributed by atoms with Gasteiger partial charge in [-0.3, -0.25) is 4.79 Å². The molecule has 2 aromatic carbocycles. The molecule has 0 bridgehead atoms. The molecule has 0 unspecified atom stereocenters. The van der Waals surface area contributed by atoms with E-state index < -0.39 is 9.84 Å². The molecule has 2 rings (SSSR count). The van der Waals surface area contributed by atoms with Gasteiger partial charge in [0.25, 0.3) is 5.91 Å². The van der Waals surface area contributed by atoms with Crippen molar-refractivity contribution in [3.05, 3.63) is 54.1 Å². The lowest BCUT2D eigenvalue weighted by Gasteiger charge is -2.18. The molecule has 1 N–H and O–H groups in total. The van der Waals surface area contributed by atoms with Gasteiger partial charge in [-0.2, -0.15) is 0 Å². The molecule has 0 saturated heterocycles. The van der Waals surface area contributed by atoms with Crippen LogP contribution in [0.5, 0.6) is 0 Å². The summed E-state index contributed by atoms with van der Waals surface area (Å²) >= 11 is 1.45. The number of benzene rings is 2. The molecule has 0 aliphatic carbocycles. The van der Waals surface area contributed by atoms with Gasteiger partial charge in [-0.15, -0.1) is 12.4 Å². The molecular formula is C18H23ClN2O3S2. The number of hydrogen-bond donors (Lipinski definition) is 1. The molecule has 2 aromatic rings. The summed E-state index contributed by atoms with van der Waals surface area (Å²) in [5, 5.41) is 3.03. The Balaban J connectivity index is 0.00000338. The molecule has 5 nitrogen and oxygen atoms in total. The van der Waals surface area contributed by atoms with E-state index in [0.29, 0.717) is 12.1 Å². The summed E-state index contributed by atoms with van der Waals surface area (Å²) < 4.78 is 23.1. The van der Waals surface area contributed by atoms with Crippen molar-refractivity contribution < 1.29 is 13.2 Å². The molecule has 0 saturated carbocycles. The van der Waals surface area contributed by atoms with Crippen LogP contribution in [0.4, 0.5) is 0 Å². The molecule has 142 valence electrons. The van der Waals surface area contributed by atoms with Crippen molar-refractivity contribution >= 4 is 39.9 Å². The van der Waals surface area contributed by atoms with Gasteiger partial charge in [-0.05, 0) is 43.4 Å². The molecule has 0 radical (unpaired) electrons. The van der Waals surface area contributed by atoms with Crippen LogP contribution in [0.2, 0.25) is 0 Å². The van der Waals surface area contributed by atoms with Crippen molar-refractivity contribution in [1.29, 1.82) is 0 Å². The summed E-state index contributed by atoms with van der Waals surface area (Å²) in [6.07, 6.45) is 1.18. The molecule has 0 heterocycles. The van der Waals surface area contributed by atoms with Crippen LogP contribution in [0.3, 0.4) is 0 Å². The third kappa shape index (κ3) is 6.02. The van der Waals surface area contributed by atoms with Crippen LogP contribution >= 0.6 is 24.2 Å². The van der Waals surface area contributed by atoms with E-state index in [9.17, 15) is 13.2 Å². The van der Waals surface area contributed by atoms with Crippen LogP contribution in [0.15, 0.2) is 63.2 Å². The Labute approximate surface area is 165 Å². The molecule has 0 fully saturated rings. The molecule has 0 aromatic heterocycles. The largest absolute Gasteiger partial charge is 0.340 e. The summed E-state index contributed by atoms with van der Waals surface area (Å²) in [7, 11) is 0.419. The van der Waals surface area contributed by atoms with Gasteiger partial charge in [-0.1, -0.05) is 23.9 Å². The number of halogens is 1. The number of hydrogen-bond acceptors (Lipinski definition) is 5. The second-order valence-electron chi connectivity index (χ2n) is 5.67. The molecule has 1 amide bonds. The number of sulfone groups is 1. The van der Waals surface area contributed by atoms with Crippen LogP contribution in [0, 0.1) is 0 Å². The predicted octanol–water partition coefficient (Wildman–Crippen LogP) is 2.95. The lowest BCUT2D eigenvalue weighted by Crippen LogP contribution is -2.33. The molecule has 0 spiro atoms. The standard InChI is InChI=1S/C18H22N2O3S2.ClH/c1-19-12-13-20(2)18(21)16-6-4-5-7-17(16)24-14-8-10-15(11-9-14)25(3,22)23;/h4-11,19H,12-13H2,1-3H3;1H. The zero-order valence-electron chi connectivity index (χ0n) is 14.9. The van der Waals surface area contributed by atoms with Gasteiger partial charge in [0.15, 0.2) is 9.84 Å². The first-order chi connectivity index (χ1) is 11.8. The van der Waals surface area contributed by atoms with Crippen LogP contribution < -0.4 is 5.32 Å². The number of carbonyl (C=O) groups is 1. The molecule has 0 atom stereocenters. The summed E-state index contributed by atoms with van der Waals surface area (Å²) in [6.45, 7) is 1.35.